The maximum Gasteiger partial charge on any atom is 0.253 e. The van der Waals surface area contributed by atoms with Gasteiger partial charge in [-0.2, -0.15) is 0 Å². The molecule has 2 fully saturated rings. The van der Waals surface area contributed by atoms with Crippen molar-refractivity contribution in [3.8, 4) is 0 Å². The highest BCUT2D eigenvalue weighted by Gasteiger charge is 2.42. The lowest BCUT2D eigenvalue weighted by atomic mass is 9.73. The van der Waals surface area contributed by atoms with Crippen LogP contribution in [0.5, 0.6) is 0 Å². The van der Waals surface area contributed by atoms with Gasteiger partial charge in [0.1, 0.15) is 0 Å². The first-order chi connectivity index (χ1) is 13.6. The fourth-order valence-corrected chi connectivity index (χ4v) is 4.73. The largest absolute Gasteiger partial charge is 0.350 e. The summed E-state index contributed by atoms with van der Waals surface area (Å²) in [7, 11) is 0. The van der Waals surface area contributed by atoms with Crippen molar-refractivity contribution in [2.24, 2.45) is 5.41 Å². The number of carbonyl (C=O) groups excluding carboxylic acids is 2. The van der Waals surface area contributed by atoms with E-state index in [1.54, 1.807) is 0 Å². The maximum atomic E-state index is 13.1. The number of carbonyl (C=O) groups is 2. The number of hydrogen-bond donors (Lipinski definition) is 0. The highest BCUT2D eigenvalue weighted by molar-refractivity contribution is 5.94. The van der Waals surface area contributed by atoms with Gasteiger partial charge in [-0.3, -0.25) is 9.59 Å². The third kappa shape index (κ3) is 3.84. The Morgan fingerprint density at radius 1 is 1.07 bits per heavy atom. The average molecular weight is 380 g/mol. The molecule has 1 aromatic heterocycles. The predicted molar refractivity (Wildman–Crippen MR) is 109 cm³/mol. The number of nitrogens with zero attached hydrogens (tertiary/aromatic N) is 3. The SMILES string of the molecule is CCN1C[C@@]2(CCCN(C(=O)c3ccc(Cn4cccc4)cc3)C2)CCC1=O. The molecule has 2 aromatic rings. The molecule has 0 radical (unpaired) electrons. The van der Waals surface area contributed by atoms with E-state index in [1.165, 1.54) is 5.56 Å². The molecular formula is C23H29N3O2. The van der Waals surface area contributed by atoms with Crippen LogP contribution in [0.15, 0.2) is 48.8 Å². The average Bonchev–Trinajstić information content (AvgIpc) is 3.23. The van der Waals surface area contributed by atoms with Crippen molar-refractivity contribution in [1.29, 1.82) is 0 Å². The Balaban J connectivity index is 1.43. The van der Waals surface area contributed by atoms with Gasteiger partial charge in [-0.15, -0.1) is 0 Å². The van der Waals surface area contributed by atoms with E-state index in [1.807, 2.05) is 65.5 Å². The minimum absolute atomic E-state index is 0.0756. The first-order valence-electron chi connectivity index (χ1n) is 10.4. The summed E-state index contributed by atoms with van der Waals surface area (Å²) in [5, 5.41) is 0. The summed E-state index contributed by atoms with van der Waals surface area (Å²) < 4.78 is 2.12. The van der Waals surface area contributed by atoms with Crippen LogP contribution < -0.4 is 0 Å². The smallest absolute Gasteiger partial charge is 0.253 e. The molecule has 1 aromatic carbocycles. The van der Waals surface area contributed by atoms with Gasteiger partial charge >= 0.3 is 0 Å². The number of benzene rings is 1. The van der Waals surface area contributed by atoms with E-state index in [9.17, 15) is 9.59 Å². The van der Waals surface area contributed by atoms with Crippen LogP contribution in [0.4, 0.5) is 0 Å². The molecule has 2 saturated heterocycles. The number of hydrogen-bond acceptors (Lipinski definition) is 2. The second-order valence-corrected chi connectivity index (χ2v) is 8.29. The standard InChI is InChI=1S/C23H29N3O2/c1-2-25-17-23(12-10-21(25)27)11-5-15-26(18-23)22(28)20-8-6-19(7-9-20)16-24-13-3-4-14-24/h3-4,6-9,13-14H,2,5,10-12,15-18H2,1H3/t23-/m1/s1. The van der Waals surface area contributed by atoms with E-state index < -0.39 is 0 Å². The second-order valence-electron chi connectivity index (χ2n) is 8.29. The first kappa shape index (κ1) is 18.8. The molecule has 0 N–H and O–H groups in total. The van der Waals surface area contributed by atoms with Crippen LogP contribution in [0.25, 0.3) is 0 Å². The van der Waals surface area contributed by atoms with Crippen molar-refractivity contribution in [1.82, 2.24) is 14.4 Å². The second kappa shape index (κ2) is 7.82. The molecule has 2 amide bonds. The van der Waals surface area contributed by atoms with Gasteiger partial charge in [0.25, 0.3) is 5.91 Å². The minimum atomic E-state index is 0.0756. The van der Waals surface area contributed by atoms with Crippen molar-refractivity contribution in [3.63, 3.8) is 0 Å². The van der Waals surface area contributed by atoms with E-state index in [0.717, 1.165) is 57.5 Å². The fourth-order valence-electron chi connectivity index (χ4n) is 4.73. The van der Waals surface area contributed by atoms with Gasteiger partial charge in [-0.1, -0.05) is 12.1 Å². The summed E-state index contributed by atoms with van der Waals surface area (Å²) in [4.78, 5) is 29.2. The van der Waals surface area contributed by atoms with Crippen molar-refractivity contribution in [3.05, 3.63) is 59.9 Å². The van der Waals surface area contributed by atoms with Crippen LogP contribution in [0.2, 0.25) is 0 Å². The molecule has 5 nitrogen and oxygen atoms in total. The highest BCUT2D eigenvalue weighted by atomic mass is 16.2. The lowest BCUT2D eigenvalue weighted by Gasteiger charge is -2.48. The summed E-state index contributed by atoms with van der Waals surface area (Å²) in [5.41, 5.74) is 2.02. The molecule has 0 bridgehead atoms. The Kier molecular flexibility index (Phi) is 5.25. The quantitative estimate of drug-likeness (QED) is 0.817. The molecule has 4 rings (SSSR count). The molecule has 1 spiro atoms. The molecule has 2 aliphatic heterocycles. The Morgan fingerprint density at radius 2 is 1.82 bits per heavy atom. The van der Waals surface area contributed by atoms with Gasteiger partial charge in [0.05, 0.1) is 0 Å². The van der Waals surface area contributed by atoms with E-state index in [2.05, 4.69) is 4.57 Å². The topological polar surface area (TPSA) is 45.5 Å². The normalized spacial score (nSPS) is 22.7. The van der Waals surface area contributed by atoms with E-state index >= 15 is 0 Å². The van der Waals surface area contributed by atoms with Crippen LogP contribution in [-0.4, -0.2) is 52.4 Å². The zero-order valence-corrected chi connectivity index (χ0v) is 16.6. The molecule has 5 heteroatoms. The predicted octanol–water partition coefficient (Wildman–Crippen LogP) is 3.40. The third-order valence-electron chi connectivity index (χ3n) is 6.31. The van der Waals surface area contributed by atoms with Crippen LogP contribution in [0.3, 0.4) is 0 Å². The monoisotopic (exact) mass is 379 g/mol. The maximum absolute atomic E-state index is 13.1. The Morgan fingerprint density at radius 3 is 2.54 bits per heavy atom. The Labute approximate surface area is 166 Å². The number of amides is 2. The molecule has 0 saturated carbocycles. The van der Waals surface area contributed by atoms with Gasteiger partial charge < -0.3 is 14.4 Å². The van der Waals surface area contributed by atoms with E-state index in [4.69, 9.17) is 0 Å². The Bertz CT molecular complexity index is 828. The number of rotatable bonds is 4. The van der Waals surface area contributed by atoms with Gasteiger partial charge in [0.15, 0.2) is 0 Å². The van der Waals surface area contributed by atoms with Crippen molar-refractivity contribution in [2.45, 2.75) is 39.2 Å². The number of piperidine rings is 2. The van der Waals surface area contributed by atoms with E-state index in [-0.39, 0.29) is 17.2 Å². The third-order valence-corrected chi connectivity index (χ3v) is 6.31. The number of likely N-dealkylation sites (tertiary alicyclic amines) is 2. The summed E-state index contributed by atoms with van der Waals surface area (Å²) >= 11 is 0. The number of aromatic nitrogens is 1. The van der Waals surface area contributed by atoms with Crippen molar-refractivity contribution in [2.75, 3.05) is 26.2 Å². The molecule has 0 aliphatic carbocycles. The molecule has 3 heterocycles. The van der Waals surface area contributed by atoms with E-state index in [0.29, 0.717) is 6.42 Å². The van der Waals surface area contributed by atoms with Gasteiger partial charge in [0.2, 0.25) is 5.91 Å². The summed E-state index contributed by atoms with van der Waals surface area (Å²) in [6, 6.07) is 12.0. The summed E-state index contributed by atoms with van der Waals surface area (Å²) in [5.74, 6) is 0.376. The Hall–Kier alpha value is -2.56. The highest BCUT2D eigenvalue weighted by Crippen LogP contribution is 2.39. The van der Waals surface area contributed by atoms with Crippen LogP contribution in [0, 0.1) is 5.41 Å². The van der Waals surface area contributed by atoms with Crippen LogP contribution in [0.1, 0.15) is 48.5 Å². The van der Waals surface area contributed by atoms with Crippen LogP contribution >= 0.6 is 0 Å². The lowest BCUT2D eigenvalue weighted by molar-refractivity contribution is -0.138. The van der Waals surface area contributed by atoms with Gasteiger partial charge in [-0.25, -0.2) is 0 Å². The molecule has 1 atom stereocenters. The minimum Gasteiger partial charge on any atom is -0.350 e. The van der Waals surface area contributed by atoms with Crippen LogP contribution in [-0.2, 0) is 11.3 Å². The lowest BCUT2D eigenvalue weighted by Crippen LogP contribution is -2.55. The molecule has 28 heavy (non-hydrogen) atoms. The summed E-state index contributed by atoms with van der Waals surface area (Å²) in [6.45, 7) is 5.99. The fraction of sp³-hybridized carbons (Fsp3) is 0.478. The molecule has 148 valence electrons. The zero-order valence-electron chi connectivity index (χ0n) is 16.6. The summed E-state index contributed by atoms with van der Waals surface area (Å²) in [6.07, 6.45) is 7.73. The van der Waals surface area contributed by atoms with Crippen molar-refractivity contribution < 1.29 is 9.59 Å². The molecule has 0 unspecified atom stereocenters. The first-order valence-corrected chi connectivity index (χ1v) is 10.4. The molecule has 2 aliphatic rings. The van der Waals surface area contributed by atoms with Gasteiger partial charge in [-0.05, 0) is 56.0 Å². The van der Waals surface area contributed by atoms with Crippen molar-refractivity contribution >= 4 is 11.8 Å². The molecular weight excluding hydrogens is 350 g/mol. The van der Waals surface area contributed by atoms with Gasteiger partial charge in [0, 0.05) is 62.5 Å². The zero-order chi connectivity index (χ0) is 19.6.